The molecule has 1 aromatic carbocycles. The third-order valence-electron chi connectivity index (χ3n) is 5.39. The number of phenols is 1. The monoisotopic (exact) mass is 444 g/mol. The van der Waals surface area contributed by atoms with E-state index in [0.717, 1.165) is 24.1 Å². The Kier molecular flexibility index (Phi) is 8.19. The summed E-state index contributed by atoms with van der Waals surface area (Å²) in [5.41, 5.74) is 2.63. The molecule has 0 radical (unpaired) electrons. The molecule has 0 aliphatic heterocycles. The van der Waals surface area contributed by atoms with Gasteiger partial charge in [0.2, 0.25) is 0 Å². The summed E-state index contributed by atoms with van der Waals surface area (Å²) >= 11 is 0. The van der Waals surface area contributed by atoms with Gasteiger partial charge in [0.05, 0.1) is 17.3 Å². The van der Waals surface area contributed by atoms with E-state index in [1.165, 1.54) is 31.4 Å². The number of aryl methyl sites for hydroxylation is 1. The van der Waals surface area contributed by atoms with Crippen LogP contribution < -0.4 is 5.32 Å². The van der Waals surface area contributed by atoms with Crippen LogP contribution in [-0.4, -0.2) is 37.3 Å². The lowest BCUT2D eigenvalue weighted by atomic mass is 9.95. The van der Waals surface area contributed by atoms with E-state index in [2.05, 4.69) is 26.9 Å². The molecule has 8 heteroatoms. The molecule has 0 spiro atoms. The van der Waals surface area contributed by atoms with E-state index in [9.17, 15) is 4.79 Å². The first-order chi connectivity index (χ1) is 16.0. The maximum absolute atomic E-state index is 12.8. The quantitative estimate of drug-likeness (QED) is 0.512. The smallest absolute Gasteiger partial charge is 0.272 e. The molecule has 2 heterocycles. The zero-order valence-electron chi connectivity index (χ0n) is 18.7. The molecule has 1 aliphatic carbocycles. The van der Waals surface area contributed by atoms with Crippen LogP contribution in [0.15, 0.2) is 66.8 Å². The van der Waals surface area contributed by atoms with Crippen LogP contribution >= 0.6 is 0 Å². The van der Waals surface area contributed by atoms with Crippen molar-refractivity contribution >= 4 is 17.4 Å². The van der Waals surface area contributed by atoms with E-state index < -0.39 is 0 Å². The third-order valence-corrected chi connectivity index (χ3v) is 5.39. The average molecular weight is 445 g/mol. The van der Waals surface area contributed by atoms with Crippen LogP contribution in [0.4, 0.5) is 0 Å². The van der Waals surface area contributed by atoms with Gasteiger partial charge in [-0.25, -0.2) is 9.98 Å². The number of phenolic OH excluding ortho intramolecular Hbond substituents is 1. The predicted octanol–water partition coefficient (Wildman–Crippen LogP) is 4.15. The zero-order chi connectivity index (χ0) is 23.6. The number of nitrogens with one attached hydrogen (secondary N) is 2. The Bertz CT molecular complexity index is 1130. The molecular weight excluding hydrogens is 416 g/mol. The molecule has 1 aliphatic rings. The van der Waals surface area contributed by atoms with Gasteiger partial charge in [-0.15, -0.1) is 0 Å². The highest BCUT2D eigenvalue weighted by Gasteiger charge is 2.22. The van der Waals surface area contributed by atoms with Crippen LogP contribution in [-0.2, 0) is 4.79 Å². The number of benzene rings is 1. The van der Waals surface area contributed by atoms with Gasteiger partial charge < -0.3 is 15.4 Å². The number of nitriles is 1. The lowest BCUT2D eigenvalue weighted by molar-refractivity contribution is -0.115. The molecule has 2 aromatic heterocycles. The molecule has 1 fully saturated rings. The Morgan fingerprint density at radius 2 is 2.00 bits per heavy atom. The van der Waals surface area contributed by atoms with Crippen LogP contribution in [0.25, 0.3) is 5.82 Å². The Balaban J connectivity index is 0.000000286. The van der Waals surface area contributed by atoms with Gasteiger partial charge in [-0.3, -0.25) is 9.36 Å². The second-order valence-electron chi connectivity index (χ2n) is 7.85. The fourth-order valence-electron chi connectivity index (χ4n) is 3.56. The zero-order valence-corrected chi connectivity index (χ0v) is 18.7. The van der Waals surface area contributed by atoms with E-state index in [0.29, 0.717) is 17.1 Å². The molecule has 0 bridgehead atoms. The number of aromatic amines is 1. The number of hydrogen-bond acceptors (Lipinski definition) is 5. The molecule has 170 valence electrons. The molecule has 0 saturated heterocycles. The van der Waals surface area contributed by atoms with E-state index in [1.54, 1.807) is 35.4 Å². The number of carbonyl (C=O) groups is 1. The lowest BCUT2D eigenvalue weighted by Crippen LogP contribution is -2.41. The Morgan fingerprint density at radius 3 is 2.58 bits per heavy atom. The number of rotatable bonds is 5. The highest BCUT2D eigenvalue weighted by atomic mass is 16.3. The highest BCUT2D eigenvalue weighted by Crippen LogP contribution is 2.18. The number of H-pyrrole nitrogens is 1. The molecule has 33 heavy (non-hydrogen) atoms. The normalized spacial score (nSPS) is 14.0. The summed E-state index contributed by atoms with van der Waals surface area (Å²) in [7, 11) is 0. The number of aromatic nitrogens is 3. The summed E-state index contributed by atoms with van der Waals surface area (Å²) in [6.07, 6.45) is 12.5. The fraction of sp³-hybridized carbons (Fsp3) is 0.280. The topological polar surface area (TPSA) is 119 Å². The predicted molar refractivity (Wildman–Crippen MR) is 127 cm³/mol. The molecule has 3 N–H and O–H groups in total. The molecule has 8 nitrogen and oxygen atoms in total. The van der Waals surface area contributed by atoms with Crippen molar-refractivity contribution in [2.24, 2.45) is 4.99 Å². The second-order valence-corrected chi connectivity index (χ2v) is 7.85. The van der Waals surface area contributed by atoms with Crippen molar-refractivity contribution in [3.8, 4) is 11.8 Å². The second kappa shape index (κ2) is 11.5. The van der Waals surface area contributed by atoms with Crippen molar-refractivity contribution in [1.29, 1.82) is 5.26 Å². The first-order valence-corrected chi connectivity index (χ1v) is 10.9. The Labute approximate surface area is 193 Å². The minimum absolute atomic E-state index is 0.159. The van der Waals surface area contributed by atoms with Crippen molar-refractivity contribution in [3.05, 3.63) is 78.6 Å². The summed E-state index contributed by atoms with van der Waals surface area (Å²) in [6, 6.07) is 10.2. The van der Waals surface area contributed by atoms with Crippen molar-refractivity contribution in [2.45, 2.75) is 45.1 Å². The van der Waals surface area contributed by atoms with Gasteiger partial charge in [0, 0.05) is 24.6 Å². The van der Waals surface area contributed by atoms with Gasteiger partial charge in [-0.05, 0) is 55.7 Å². The van der Waals surface area contributed by atoms with Gasteiger partial charge in [-0.2, -0.15) is 5.26 Å². The first-order valence-electron chi connectivity index (χ1n) is 10.9. The Hall–Kier alpha value is -4.12. The standard InChI is InChI=1S/C18H23N5O.C7H5NO/c1-13-8-9-20-16(13)17(21-14(2)23-11-10-19-12-23)18(24)22-15-6-4-3-5-7-15;8-5-6-1-3-7(9)4-2-6/h8-12,15,20H,2-7H2,1H3,(H,22,24);1-4,9H/b21-17+;. The summed E-state index contributed by atoms with van der Waals surface area (Å²) in [4.78, 5) is 24.4. The highest BCUT2D eigenvalue weighted by molar-refractivity contribution is 6.45. The minimum atomic E-state index is -0.159. The van der Waals surface area contributed by atoms with E-state index in [1.807, 2.05) is 25.3 Å². The van der Waals surface area contributed by atoms with Gasteiger partial charge in [0.1, 0.15) is 17.9 Å². The van der Waals surface area contributed by atoms with Crippen LogP contribution in [0.5, 0.6) is 5.75 Å². The first kappa shape index (κ1) is 23.5. The molecule has 3 aromatic rings. The van der Waals surface area contributed by atoms with Crippen LogP contribution in [0.1, 0.15) is 48.9 Å². The number of aliphatic imine (C=N–C) groups is 1. The van der Waals surface area contributed by atoms with Crippen molar-refractivity contribution in [1.82, 2.24) is 19.9 Å². The van der Waals surface area contributed by atoms with E-state index in [4.69, 9.17) is 10.4 Å². The summed E-state index contributed by atoms with van der Waals surface area (Å²) in [5, 5.41) is 20.2. The summed E-state index contributed by atoms with van der Waals surface area (Å²) in [6.45, 7) is 5.90. The van der Waals surface area contributed by atoms with E-state index in [-0.39, 0.29) is 17.7 Å². The largest absolute Gasteiger partial charge is 0.508 e. The molecular formula is C25H28N6O2. The molecule has 0 atom stereocenters. The molecule has 1 amide bonds. The van der Waals surface area contributed by atoms with Gasteiger partial charge in [-0.1, -0.05) is 25.8 Å². The average Bonchev–Trinajstić information content (AvgIpc) is 3.51. The number of carbonyl (C=O) groups excluding carboxylic acids is 1. The molecule has 0 unspecified atom stereocenters. The van der Waals surface area contributed by atoms with Crippen LogP contribution in [0.2, 0.25) is 0 Å². The van der Waals surface area contributed by atoms with Crippen LogP contribution in [0, 0.1) is 18.3 Å². The number of nitrogens with zero attached hydrogens (tertiary/aromatic N) is 4. The van der Waals surface area contributed by atoms with Crippen molar-refractivity contribution in [3.63, 3.8) is 0 Å². The van der Waals surface area contributed by atoms with Crippen molar-refractivity contribution in [2.75, 3.05) is 0 Å². The number of hydrogen-bond donors (Lipinski definition) is 3. The van der Waals surface area contributed by atoms with Gasteiger partial charge in [0.15, 0.2) is 5.71 Å². The maximum atomic E-state index is 12.8. The Morgan fingerprint density at radius 1 is 1.27 bits per heavy atom. The number of amides is 1. The van der Waals surface area contributed by atoms with Gasteiger partial charge in [0.25, 0.3) is 5.91 Å². The molecule has 1 saturated carbocycles. The lowest BCUT2D eigenvalue weighted by Gasteiger charge is -2.23. The molecule has 4 rings (SSSR count). The third kappa shape index (κ3) is 6.68. The van der Waals surface area contributed by atoms with Crippen molar-refractivity contribution < 1.29 is 9.90 Å². The summed E-state index contributed by atoms with van der Waals surface area (Å²) in [5.74, 6) is 0.484. The van der Waals surface area contributed by atoms with Gasteiger partial charge >= 0.3 is 0 Å². The van der Waals surface area contributed by atoms with Crippen LogP contribution in [0.3, 0.4) is 0 Å². The fourth-order valence-corrected chi connectivity index (χ4v) is 3.56. The maximum Gasteiger partial charge on any atom is 0.272 e. The van der Waals surface area contributed by atoms with E-state index >= 15 is 0 Å². The number of imidazole rings is 1. The number of aromatic hydroxyl groups is 1. The SMILES string of the molecule is C=C(/N=C(/C(=O)NC1CCCCC1)c1[nH]ccc1C)n1ccnc1.N#Cc1ccc(O)cc1. The summed E-state index contributed by atoms with van der Waals surface area (Å²) < 4.78 is 1.69. The minimum Gasteiger partial charge on any atom is -0.508 e.